The van der Waals surface area contributed by atoms with E-state index in [1.807, 2.05) is 6.92 Å². The lowest BCUT2D eigenvalue weighted by Crippen LogP contribution is -2.34. The number of anilines is 2. The Balaban J connectivity index is 1.94. The quantitative estimate of drug-likeness (QED) is 0.572. The molecule has 3 N–H and O–H groups in total. The molecule has 0 aromatic heterocycles. The molecule has 0 bridgehead atoms. The number of hydrogen-bond acceptors (Lipinski definition) is 4. The van der Waals surface area contributed by atoms with Gasteiger partial charge in [-0.2, -0.15) is 0 Å². The van der Waals surface area contributed by atoms with Crippen molar-refractivity contribution in [3.63, 3.8) is 0 Å². The molecule has 0 unspecified atom stereocenters. The highest BCUT2D eigenvalue weighted by molar-refractivity contribution is 9.10. The van der Waals surface area contributed by atoms with Crippen molar-refractivity contribution in [1.29, 1.82) is 0 Å². The number of halogens is 1. The zero-order valence-electron chi connectivity index (χ0n) is 15.0. The van der Waals surface area contributed by atoms with E-state index in [9.17, 15) is 9.59 Å². The maximum absolute atomic E-state index is 12.4. The molecule has 2 rings (SSSR count). The lowest BCUT2D eigenvalue weighted by molar-refractivity contribution is -0.114. The fourth-order valence-electron chi connectivity index (χ4n) is 2.15. The molecule has 0 saturated heterocycles. The topological polar surface area (TPSA) is 79.5 Å². The predicted octanol–water partition coefficient (Wildman–Crippen LogP) is 4.32. The fourth-order valence-corrected chi connectivity index (χ4v) is 2.85. The van der Waals surface area contributed by atoms with Gasteiger partial charge in [0.05, 0.1) is 11.1 Å². The van der Waals surface area contributed by atoms with E-state index in [0.717, 1.165) is 6.42 Å². The zero-order chi connectivity index (χ0) is 19.8. The SMILES string of the molecule is CCCOc1ccc(C(=O)NC(=S)Nc2ccc(NC(C)=O)cc2)cc1Br. The molecule has 0 aliphatic heterocycles. The summed E-state index contributed by atoms with van der Waals surface area (Å²) in [6, 6.07) is 12.1. The summed E-state index contributed by atoms with van der Waals surface area (Å²) in [5.41, 5.74) is 1.83. The third kappa shape index (κ3) is 6.65. The first-order valence-corrected chi connectivity index (χ1v) is 9.51. The van der Waals surface area contributed by atoms with Gasteiger partial charge in [0, 0.05) is 23.9 Å². The molecule has 27 heavy (non-hydrogen) atoms. The Morgan fingerprint density at radius 3 is 2.26 bits per heavy atom. The summed E-state index contributed by atoms with van der Waals surface area (Å²) in [4.78, 5) is 23.4. The van der Waals surface area contributed by atoms with Gasteiger partial charge in [0.25, 0.3) is 5.91 Å². The van der Waals surface area contributed by atoms with Crippen LogP contribution in [-0.4, -0.2) is 23.5 Å². The second kappa shape index (κ2) is 10.0. The minimum absolute atomic E-state index is 0.143. The third-order valence-electron chi connectivity index (χ3n) is 3.35. The van der Waals surface area contributed by atoms with Gasteiger partial charge < -0.3 is 15.4 Å². The van der Waals surface area contributed by atoms with E-state index >= 15 is 0 Å². The largest absolute Gasteiger partial charge is 0.492 e. The summed E-state index contributed by atoms with van der Waals surface area (Å²) in [7, 11) is 0. The van der Waals surface area contributed by atoms with Crippen molar-refractivity contribution in [2.24, 2.45) is 0 Å². The average molecular weight is 450 g/mol. The van der Waals surface area contributed by atoms with Gasteiger partial charge in [0.2, 0.25) is 5.91 Å². The third-order valence-corrected chi connectivity index (χ3v) is 4.17. The highest BCUT2D eigenvalue weighted by Gasteiger charge is 2.11. The molecular formula is C19H20BrN3O3S. The molecule has 142 valence electrons. The number of rotatable bonds is 6. The Hall–Kier alpha value is -2.45. The summed E-state index contributed by atoms with van der Waals surface area (Å²) >= 11 is 8.59. The maximum atomic E-state index is 12.4. The molecule has 0 fully saturated rings. The van der Waals surface area contributed by atoms with E-state index in [0.29, 0.717) is 33.8 Å². The van der Waals surface area contributed by atoms with Crippen LogP contribution in [0.4, 0.5) is 11.4 Å². The molecule has 2 aromatic carbocycles. The molecule has 0 heterocycles. The van der Waals surface area contributed by atoms with Crippen LogP contribution in [0.1, 0.15) is 30.6 Å². The standard InChI is InChI=1S/C19H20BrN3O3S/c1-3-10-26-17-9-4-13(11-16(17)20)18(25)23-19(27)22-15-7-5-14(6-8-15)21-12(2)24/h4-9,11H,3,10H2,1-2H3,(H,21,24)(H2,22,23,25,27). The normalized spacial score (nSPS) is 10.0. The van der Waals surface area contributed by atoms with Crippen molar-refractivity contribution in [2.75, 3.05) is 17.2 Å². The van der Waals surface area contributed by atoms with Gasteiger partial charge in [0.15, 0.2) is 5.11 Å². The number of benzene rings is 2. The van der Waals surface area contributed by atoms with Gasteiger partial charge in [0.1, 0.15) is 5.75 Å². The Kier molecular flexibility index (Phi) is 7.75. The van der Waals surface area contributed by atoms with Gasteiger partial charge in [-0.05, 0) is 77.0 Å². The number of nitrogens with one attached hydrogen (secondary N) is 3. The number of ether oxygens (including phenoxy) is 1. The van der Waals surface area contributed by atoms with E-state index in [4.69, 9.17) is 17.0 Å². The van der Waals surface area contributed by atoms with Gasteiger partial charge in [-0.3, -0.25) is 14.9 Å². The van der Waals surface area contributed by atoms with Crippen LogP contribution in [0.25, 0.3) is 0 Å². The van der Waals surface area contributed by atoms with Crippen LogP contribution < -0.4 is 20.7 Å². The Bertz CT molecular complexity index is 841. The molecular weight excluding hydrogens is 430 g/mol. The van der Waals surface area contributed by atoms with E-state index in [1.165, 1.54) is 6.92 Å². The minimum Gasteiger partial charge on any atom is -0.492 e. The Morgan fingerprint density at radius 1 is 1.07 bits per heavy atom. The van der Waals surface area contributed by atoms with Crippen molar-refractivity contribution < 1.29 is 14.3 Å². The second-order valence-corrected chi connectivity index (χ2v) is 6.92. The van der Waals surface area contributed by atoms with Crippen LogP contribution in [0.5, 0.6) is 5.75 Å². The fraction of sp³-hybridized carbons (Fsp3) is 0.211. The van der Waals surface area contributed by atoms with Crippen LogP contribution in [0.15, 0.2) is 46.9 Å². The average Bonchev–Trinajstić information content (AvgIpc) is 2.61. The number of carbonyl (C=O) groups excluding carboxylic acids is 2. The molecule has 2 aromatic rings. The smallest absolute Gasteiger partial charge is 0.257 e. The van der Waals surface area contributed by atoms with Gasteiger partial charge >= 0.3 is 0 Å². The van der Waals surface area contributed by atoms with E-state index in [1.54, 1.807) is 42.5 Å². The predicted molar refractivity (Wildman–Crippen MR) is 114 cm³/mol. The molecule has 0 atom stereocenters. The van der Waals surface area contributed by atoms with Gasteiger partial charge in [-0.1, -0.05) is 6.92 Å². The summed E-state index contributed by atoms with van der Waals surface area (Å²) < 4.78 is 6.28. The highest BCUT2D eigenvalue weighted by atomic mass is 79.9. The Morgan fingerprint density at radius 2 is 1.70 bits per heavy atom. The van der Waals surface area contributed by atoms with Crippen molar-refractivity contribution >= 4 is 56.4 Å². The molecule has 0 aliphatic rings. The maximum Gasteiger partial charge on any atom is 0.257 e. The summed E-state index contributed by atoms with van der Waals surface area (Å²) in [6.07, 6.45) is 0.903. The molecule has 0 saturated carbocycles. The lowest BCUT2D eigenvalue weighted by Gasteiger charge is -2.12. The van der Waals surface area contributed by atoms with Crippen LogP contribution in [-0.2, 0) is 4.79 Å². The molecule has 2 amide bonds. The summed E-state index contributed by atoms with van der Waals surface area (Å²) in [5, 5.41) is 8.41. The van der Waals surface area contributed by atoms with Crippen molar-refractivity contribution in [1.82, 2.24) is 5.32 Å². The first-order chi connectivity index (χ1) is 12.9. The first-order valence-electron chi connectivity index (χ1n) is 8.31. The molecule has 8 heteroatoms. The van der Waals surface area contributed by atoms with Gasteiger partial charge in [-0.25, -0.2) is 0 Å². The highest BCUT2D eigenvalue weighted by Crippen LogP contribution is 2.26. The number of carbonyl (C=O) groups is 2. The number of hydrogen-bond donors (Lipinski definition) is 3. The van der Waals surface area contributed by atoms with Crippen LogP contribution in [0.3, 0.4) is 0 Å². The number of thiocarbonyl (C=S) groups is 1. The first kappa shape index (κ1) is 20.9. The van der Waals surface area contributed by atoms with E-state index < -0.39 is 0 Å². The van der Waals surface area contributed by atoms with Crippen molar-refractivity contribution in [2.45, 2.75) is 20.3 Å². The molecule has 0 aliphatic carbocycles. The van der Waals surface area contributed by atoms with E-state index in [2.05, 4.69) is 31.9 Å². The summed E-state index contributed by atoms with van der Waals surface area (Å²) in [6.45, 7) is 4.08. The number of amides is 2. The molecule has 6 nitrogen and oxygen atoms in total. The molecule has 0 spiro atoms. The van der Waals surface area contributed by atoms with E-state index in [-0.39, 0.29) is 16.9 Å². The van der Waals surface area contributed by atoms with Crippen molar-refractivity contribution in [3.05, 3.63) is 52.5 Å². The van der Waals surface area contributed by atoms with Crippen LogP contribution in [0.2, 0.25) is 0 Å². The van der Waals surface area contributed by atoms with Crippen molar-refractivity contribution in [3.8, 4) is 5.75 Å². The van der Waals surface area contributed by atoms with Crippen LogP contribution >= 0.6 is 28.1 Å². The monoisotopic (exact) mass is 449 g/mol. The second-order valence-electron chi connectivity index (χ2n) is 5.66. The van der Waals surface area contributed by atoms with Crippen LogP contribution in [0, 0.1) is 0 Å². The minimum atomic E-state index is -0.329. The Labute approximate surface area is 171 Å². The molecule has 0 radical (unpaired) electrons. The van der Waals surface area contributed by atoms with Gasteiger partial charge in [-0.15, -0.1) is 0 Å². The summed E-state index contributed by atoms with van der Waals surface area (Å²) in [5.74, 6) is 0.217. The zero-order valence-corrected chi connectivity index (χ0v) is 17.4. The lowest BCUT2D eigenvalue weighted by atomic mass is 10.2.